The number of nitrogens with one attached hydrogen (secondary N) is 1. The maximum absolute atomic E-state index is 11.5. The molecular formula is C14H21N3O3. The third-order valence-corrected chi connectivity index (χ3v) is 3.11. The molecule has 1 aromatic heterocycles. The van der Waals surface area contributed by atoms with Gasteiger partial charge in [-0.05, 0) is 18.6 Å². The van der Waals surface area contributed by atoms with E-state index in [1.807, 2.05) is 13.8 Å². The van der Waals surface area contributed by atoms with Crippen LogP contribution in [0.1, 0.15) is 29.9 Å². The molecule has 2 N–H and O–H groups in total. The Morgan fingerprint density at radius 2 is 2.10 bits per heavy atom. The van der Waals surface area contributed by atoms with Crippen molar-refractivity contribution >= 4 is 17.7 Å². The minimum absolute atomic E-state index is 0.0537. The minimum Gasteiger partial charge on any atom is -0.478 e. The van der Waals surface area contributed by atoms with E-state index >= 15 is 0 Å². The van der Waals surface area contributed by atoms with E-state index in [4.69, 9.17) is 5.11 Å². The van der Waals surface area contributed by atoms with Crippen molar-refractivity contribution in [3.63, 3.8) is 0 Å². The van der Waals surface area contributed by atoms with Crippen LogP contribution in [0.4, 0.5) is 5.82 Å². The van der Waals surface area contributed by atoms with Gasteiger partial charge in [-0.2, -0.15) is 0 Å². The van der Waals surface area contributed by atoms with Crippen LogP contribution >= 0.6 is 0 Å². The molecule has 0 saturated heterocycles. The zero-order chi connectivity index (χ0) is 15.3. The summed E-state index contributed by atoms with van der Waals surface area (Å²) in [6.07, 6.45) is 0.660. The molecule has 0 aliphatic carbocycles. The molecule has 0 spiro atoms. The molecule has 0 saturated carbocycles. The Balaban J connectivity index is 2.97. The molecule has 0 aliphatic rings. The second kappa shape index (κ2) is 6.88. The van der Waals surface area contributed by atoms with Crippen LogP contribution in [0.15, 0.2) is 12.1 Å². The number of rotatable bonds is 6. The fourth-order valence-electron chi connectivity index (χ4n) is 1.91. The van der Waals surface area contributed by atoms with E-state index in [-0.39, 0.29) is 17.4 Å². The Kier molecular flexibility index (Phi) is 5.49. The topological polar surface area (TPSA) is 82.5 Å². The number of aromatic nitrogens is 1. The molecule has 0 aliphatic heterocycles. The van der Waals surface area contributed by atoms with Crippen molar-refractivity contribution in [3.05, 3.63) is 23.4 Å². The summed E-state index contributed by atoms with van der Waals surface area (Å²) in [6, 6.07) is 3.10. The number of hydrogen-bond acceptors (Lipinski definition) is 4. The number of carbonyl (C=O) groups excluding carboxylic acids is 1. The second-order valence-corrected chi connectivity index (χ2v) is 4.76. The first kappa shape index (κ1) is 15.9. The van der Waals surface area contributed by atoms with E-state index in [1.54, 1.807) is 25.1 Å². The summed E-state index contributed by atoms with van der Waals surface area (Å²) in [6.45, 7) is 4.21. The quantitative estimate of drug-likeness (QED) is 0.816. The molecular weight excluding hydrogens is 258 g/mol. The molecule has 0 fully saturated rings. The lowest BCUT2D eigenvalue weighted by atomic mass is 10.1. The Hall–Kier alpha value is -2.11. The van der Waals surface area contributed by atoms with Gasteiger partial charge in [-0.25, -0.2) is 9.78 Å². The molecule has 110 valence electrons. The molecule has 1 heterocycles. The number of carbonyl (C=O) groups is 2. The van der Waals surface area contributed by atoms with Crippen LogP contribution < -0.4 is 10.2 Å². The van der Waals surface area contributed by atoms with Crippen LogP contribution in [-0.2, 0) is 11.2 Å². The van der Waals surface area contributed by atoms with Crippen molar-refractivity contribution in [3.8, 4) is 0 Å². The highest BCUT2D eigenvalue weighted by Crippen LogP contribution is 2.16. The highest BCUT2D eigenvalue weighted by Gasteiger charge is 2.16. The number of hydrogen-bond donors (Lipinski definition) is 2. The fourth-order valence-corrected chi connectivity index (χ4v) is 1.91. The first-order chi connectivity index (χ1) is 9.38. The largest absolute Gasteiger partial charge is 0.478 e. The number of anilines is 1. The number of nitrogens with zero attached hydrogens (tertiary/aromatic N) is 2. The number of carboxylic acids is 1. The Bertz CT molecular complexity index is 502. The summed E-state index contributed by atoms with van der Waals surface area (Å²) >= 11 is 0. The number of carboxylic acid groups (broad SMARTS) is 1. The van der Waals surface area contributed by atoms with E-state index in [0.29, 0.717) is 18.8 Å². The van der Waals surface area contributed by atoms with Gasteiger partial charge in [0.1, 0.15) is 5.82 Å². The van der Waals surface area contributed by atoms with E-state index in [0.717, 1.165) is 5.69 Å². The molecule has 0 aromatic carbocycles. The van der Waals surface area contributed by atoms with Gasteiger partial charge in [0.15, 0.2) is 0 Å². The first-order valence-electron chi connectivity index (χ1n) is 6.56. The van der Waals surface area contributed by atoms with Gasteiger partial charge in [0, 0.05) is 26.3 Å². The van der Waals surface area contributed by atoms with Gasteiger partial charge < -0.3 is 15.3 Å². The summed E-state index contributed by atoms with van der Waals surface area (Å²) in [5.74, 6) is -0.666. The van der Waals surface area contributed by atoms with Crippen molar-refractivity contribution in [2.75, 3.05) is 25.5 Å². The van der Waals surface area contributed by atoms with Gasteiger partial charge in [0.2, 0.25) is 5.91 Å². The zero-order valence-corrected chi connectivity index (χ0v) is 12.3. The van der Waals surface area contributed by atoms with Crippen molar-refractivity contribution in [1.82, 2.24) is 10.3 Å². The third kappa shape index (κ3) is 3.94. The number of aryl methyl sites for hydroxylation is 1. The van der Waals surface area contributed by atoms with E-state index in [2.05, 4.69) is 10.3 Å². The first-order valence-corrected chi connectivity index (χ1v) is 6.56. The fraction of sp³-hybridized carbons (Fsp3) is 0.500. The highest BCUT2D eigenvalue weighted by atomic mass is 16.4. The molecule has 1 amide bonds. The van der Waals surface area contributed by atoms with E-state index < -0.39 is 5.97 Å². The summed E-state index contributed by atoms with van der Waals surface area (Å²) in [5.41, 5.74) is 0.936. The average molecular weight is 279 g/mol. The maximum atomic E-state index is 11.5. The van der Waals surface area contributed by atoms with Crippen molar-refractivity contribution < 1.29 is 14.7 Å². The smallest absolute Gasteiger partial charge is 0.335 e. The van der Waals surface area contributed by atoms with Crippen LogP contribution in [0.25, 0.3) is 0 Å². The Morgan fingerprint density at radius 3 is 2.60 bits per heavy atom. The van der Waals surface area contributed by atoms with Gasteiger partial charge in [0.25, 0.3) is 0 Å². The molecule has 0 radical (unpaired) electrons. The van der Waals surface area contributed by atoms with Gasteiger partial charge in [-0.3, -0.25) is 4.79 Å². The lowest BCUT2D eigenvalue weighted by molar-refractivity contribution is -0.123. The van der Waals surface area contributed by atoms with Gasteiger partial charge in [-0.15, -0.1) is 0 Å². The molecule has 0 bridgehead atoms. The average Bonchev–Trinajstić information content (AvgIpc) is 2.45. The van der Waals surface area contributed by atoms with Gasteiger partial charge in [0.05, 0.1) is 11.5 Å². The molecule has 20 heavy (non-hydrogen) atoms. The normalized spacial score (nSPS) is 11.8. The molecule has 1 unspecified atom stereocenters. The zero-order valence-electron chi connectivity index (χ0n) is 12.3. The van der Waals surface area contributed by atoms with Gasteiger partial charge in [-0.1, -0.05) is 13.8 Å². The molecule has 6 nitrogen and oxygen atoms in total. The van der Waals surface area contributed by atoms with Crippen LogP contribution in [-0.4, -0.2) is 42.6 Å². The number of aromatic carboxylic acids is 1. The third-order valence-electron chi connectivity index (χ3n) is 3.11. The van der Waals surface area contributed by atoms with Crippen LogP contribution in [0, 0.1) is 5.92 Å². The predicted octanol–water partition coefficient (Wildman–Crippen LogP) is 1.16. The predicted molar refractivity (Wildman–Crippen MR) is 77.1 cm³/mol. The minimum atomic E-state index is -0.976. The molecule has 1 atom stereocenters. The van der Waals surface area contributed by atoms with Crippen LogP contribution in [0.3, 0.4) is 0 Å². The Labute approximate surface area is 118 Å². The van der Waals surface area contributed by atoms with Gasteiger partial charge >= 0.3 is 5.97 Å². The highest BCUT2D eigenvalue weighted by molar-refractivity contribution is 5.88. The summed E-state index contributed by atoms with van der Waals surface area (Å²) in [5, 5.41) is 11.7. The summed E-state index contributed by atoms with van der Waals surface area (Å²) in [4.78, 5) is 28.8. The second-order valence-electron chi connectivity index (χ2n) is 4.76. The SMILES string of the molecule is CCc1cc(C(=O)O)cc(N(C)CC(C)C(=O)NC)n1. The molecule has 1 rings (SSSR count). The van der Waals surface area contributed by atoms with Crippen molar-refractivity contribution in [1.29, 1.82) is 0 Å². The lowest BCUT2D eigenvalue weighted by Crippen LogP contribution is -2.34. The standard InChI is InChI=1S/C14H21N3O3/c1-5-11-6-10(14(19)20)7-12(16-11)17(4)8-9(2)13(18)15-3/h6-7,9H,5,8H2,1-4H3,(H,15,18)(H,19,20). The maximum Gasteiger partial charge on any atom is 0.335 e. The summed E-state index contributed by atoms with van der Waals surface area (Å²) < 4.78 is 0. The monoisotopic (exact) mass is 279 g/mol. The summed E-state index contributed by atoms with van der Waals surface area (Å²) in [7, 11) is 3.39. The number of pyridine rings is 1. The van der Waals surface area contributed by atoms with Crippen molar-refractivity contribution in [2.24, 2.45) is 5.92 Å². The molecule has 6 heteroatoms. The number of amides is 1. The van der Waals surface area contributed by atoms with Crippen molar-refractivity contribution in [2.45, 2.75) is 20.3 Å². The lowest BCUT2D eigenvalue weighted by Gasteiger charge is -2.22. The van der Waals surface area contributed by atoms with E-state index in [9.17, 15) is 9.59 Å². The van der Waals surface area contributed by atoms with Crippen LogP contribution in [0.2, 0.25) is 0 Å². The van der Waals surface area contributed by atoms with E-state index in [1.165, 1.54) is 6.07 Å². The van der Waals surface area contributed by atoms with Crippen LogP contribution in [0.5, 0.6) is 0 Å². The Morgan fingerprint density at radius 1 is 1.45 bits per heavy atom. The molecule has 1 aromatic rings.